The summed E-state index contributed by atoms with van der Waals surface area (Å²) in [6, 6.07) is 0. The first-order valence-corrected chi connectivity index (χ1v) is 18.2. The second kappa shape index (κ2) is 33.2. The van der Waals surface area contributed by atoms with Crippen molar-refractivity contribution in [3.63, 3.8) is 0 Å². The number of carbonyl (C=O) groups excluding carboxylic acids is 1. The molecule has 0 bridgehead atoms. The lowest BCUT2D eigenvalue weighted by atomic mass is 10.0. The Bertz CT molecular complexity index is 585. The van der Waals surface area contributed by atoms with E-state index in [9.17, 15) is 9.59 Å². The summed E-state index contributed by atoms with van der Waals surface area (Å²) in [5.74, 6) is -0.706. The second-order valence-corrected chi connectivity index (χ2v) is 12.4. The minimum absolute atomic E-state index is 0.00588. The van der Waals surface area contributed by atoms with E-state index < -0.39 is 5.97 Å². The first kappa shape index (κ1) is 39.7. The van der Waals surface area contributed by atoms with Crippen molar-refractivity contribution >= 4 is 11.9 Å². The number of unbranched alkanes of at least 4 members (excludes halogenated alkanes) is 22. The van der Waals surface area contributed by atoms with Crippen LogP contribution < -0.4 is 0 Å². The van der Waals surface area contributed by atoms with Gasteiger partial charge in [-0.05, 0) is 64.2 Å². The van der Waals surface area contributed by atoms with Gasteiger partial charge in [-0.1, -0.05) is 142 Å². The third-order valence-corrected chi connectivity index (χ3v) is 8.24. The molecule has 0 fully saturated rings. The first-order valence-electron chi connectivity index (χ1n) is 18.2. The predicted molar refractivity (Wildman–Crippen MR) is 177 cm³/mol. The second-order valence-electron chi connectivity index (χ2n) is 12.4. The van der Waals surface area contributed by atoms with Gasteiger partial charge in [0.05, 0.1) is 0 Å². The van der Waals surface area contributed by atoms with Gasteiger partial charge in [-0.2, -0.15) is 0 Å². The molecule has 0 radical (unpaired) electrons. The largest absolute Gasteiger partial charge is 0.481 e. The Hall–Kier alpha value is -1.32. The highest BCUT2D eigenvalue weighted by Crippen LogP contribution is 2.19. The molecule has 4 heteroatoms. The van der Waals surface area contributed by atoms with Crippen LogP contribution in [-0.4, -0.2) is 23.1 Å². The third-order valence-electron chi connectivity index (χ3n) is 8.24. The van der Waals surface area contributed by atoms with Gasteiger partial charge in [0.2, 0.25) is 0 Å². The van der Waals surface area contributed by atoms with Crippen molar-refractivity contribution in [3.8, 4) is 0 Å². The van der Waals surface area contributed by atoms with E-state index in [0.29, 0.717) is 6.42 Å². The van der Waals surface area contributed by atoms with Crippen molar-refractivity contribution in [1.29, 1.82) is 0 Å². The van der Waals surface area contributed by atoms with Crippen molar-refractivity contribution in [2.75, 3.05) is 0 Å². The number of carboxylic acid groups (broad SMARTS) is 1. The molecule has 41 heavy (non-hydrogen) atoms. The van der Waals surface area contributed by atoms with Crippen molar-refractivity contribution in [3.05, 3.63) is 12.2 Å². The van der Waals surface area contributed by atoms with Crippen LogP contribution in [0.3, 0.4) is 0 Å². The zero-order valence-corrected chi connectivity index (χ0v) is 27.6. The Kier molecular flexibility index (Phi) is 32.1. The molecular weight excluding hydrogens is 508 g/mol. The van der Waals surface area contributed by atoms with Gasteiger partial charge in [0.15, 0.2) is 0 Å². The molecule has 0 heterocycles. The fraction of sp³-hybridized carbons (Fsp3) is 0.892. The first-order chi connectivity index (χ1) is 20.1. The lowest BCUT2D eigenvalue weighted by Gasteiger charge is -2.18. The molecule has 0 saturated heterocycles. The summed E-state index contributed by atoms with van der Waals surface area (Å²) in [4.78, 5) is 23.2. The molecule has 0 amide bonds. The maximum absolute atomic E-state index is 12.6. The molecule has 0 saturated carbocycles. The maximum atomic E-state index is 12.6. The molecule has 0 aliphatic heterocycles. The lowest BCUT2D eigenvalue weighted by Crippen LogP contribution is -2.18. The van der Waals surface area contributed by atoms with E-state index in [1.807, 2.05) is 0 Å². The van der Waals surface area contributed by atoms with Crippen LogP contribution in [0.2, 0.25) is 0 Å². The number of aliphatic carboxylic acids is 1. The quantitative estimate of drug-likeness (QED) is 0.0478. The van der Waals surface area contributed by atoms with Gasteiger partial charge < -0.3 is 9.84 Å². The van der Waals surface area contributed by atoms with Gasteiger partial charge in [-0.3, -0.25) is 9.59 Å². The molecule has 1 N–H and O–H groups in total. The Morgan fingerprint density at radius 1 is 0.512 bits per heavy atom. The van der Waals surface area contributed by atoms with Crippen molar-refractivity contribution in [1.82, 2.24) is 0 Å². The number of allylic oxidation sites excluding steroid dienone is 2. The van der Waals surface area contributed by atoms with Crippen LogP contribution in [0.25, 0.3) is 0 Å². The van der Waals surface area contributed by atoms with E-state index in [-0.39, 0.29) is 18.5 Å². The smallest absolute Gasteiger partial charge is 0.306 e. The minimum Gasteiger partial charge on any atom is -0.481 e. The molecule has 0 aliphatic carbocycles. The predicted octanol–water partition coefficient (Wildman–Crippen LogP) is 12.3. The fourth-order valence-corrected chi connectivity index (χ4v) is 5.53. The summed E-state index contributed by atoms with van der Waals surface area (Å²) >= 11 is 0. The molecule has 0 rings (SSSR count). The third kappa shape index (κ3) is 33.1. The molecule has 242 valence electrons. The van der Waals surface area contributed by atoms with E-state index in [1.54, 1.807) is 0 Å². The summed E-state index contributed by atoms with van der Waals surface area (Å²) in [5.41, 5.74) is 0. The molecule has 4 nitrogen and oxygen atoms in total. The van der Waals surface area contributed by atoms with Gasteiger partial charge in [0.25, 0.3) is 0 Å². The summed E-state index contributed by atoms with van der Waals surface area (Å²) in [6.45, 7) is 4.53. The van der Waals surface area contributed by atoms with E-state index in [1.165, 1.54) is 116 Å². The minimum atomic E-state index is -0.700. The van der Waals surface area contributed by atoms with Gasteiger partial charge in [-0.15, -0.1) is 0 Å². The Morgan fingerprint density at radius 3 is 1.32 bits per heavy atom. The van der Waals surface area contributed by atoms with E-state index in [0.717, 1.165) is 64.2 Å². The van der Waals surface area contributed by atoms with Gasteiger partial charge in [-0.25, -0.2) is 0 Å². The van der Waals surface area contributed by atoms with E-state index >= 15 is 0 Å². The molecule has 0 aromatic rings. The van der Waals surface area contributed by atoms with Crippen molar-refractivity contribution in [2.24, 2.45) is 0 Å². The Labute approximate surface area is 255 Å². The highest BCUT2D eigenvalue weighted by molar-refractivity contribution is 5.69. The van der Waals surface area contributed by atoms with Crippen molar-refractivity contribution in [2.45, 2.75) is 213 Å². The molecule has 0 aromatic carbocycles. The zero-order valence-electron chi connectivity index (χ0n) is 27.6. The van der Waals surface area contributed by atoms with Gasteiger partial charge >= 0.3 is 11.9 Å². The average molecular weight is 579 g/mol. The Morgan fingerprint density at radius 2 is 0.878 bits per heavy atom. The fourth-order valence-electron chi connectivity index (χ4n) is 5.53. The molecule has 1 unspecified atom stereocenters. The van der Waals surface area contributed by atoms with Gasteiger partial charge in [0.1, 0.15) is 6.10 Å². The SMILES string of the molecule is CCCCCCCC/C=C\CCCCCCCC(=O)OC(CCCCCCCCCC)CCCCCCCC(=O)O. The number of rotatable bonds is 33. The summed E-state index contributed by atoms with van der Waals surface area (Å²) in [6.07, 6.45) is 39.4. The van der Waals surface area contributed by atoms with Crippen LogP contribution in [-0.2, 0) is 14.3 Å². The molecule has 0 spiro atoms. The number of carboxylic acids is 1. The monoisotopic (exact) mass is 579 g/mol. The average Bonchev–Trinajstić information content (AvgIpc) is 2.95. The van der Waals surface area contributed by atoms with Crippen molar-refractivity contribution < 1.29 is 19.4 Å². The van der Waals surface area contributed by atoms with Crippen LogP contribution >= 0.6 is 0 Å². The number of hydrogen-bond donors (Lipinski definition) is 1. The highest BCUT2D eigenvalue weighted by atomic mass is 16.5. The number of ether oxygens (including phenoxy) is 1. The standard InChI is InChI=1S/C37H70O4/c1-3-5-7-9-11-13-14-15-16-17-18-19-21-26-30-34-37(40)41-35(31-27-23-20-12-10-8-6-4-2)32-28-24-22-25-29-33-36(38)39/h15-16,35H,3-14,17-34H2,1-2H3,(H,38,39)/b16-15-. The molecular formula is C37H70O4. The highest BCUT2D eigenvalue weighted by Gasteiger charge is 2.14. The topological polar surface area (TPSA) is 63.6 Å². The summed E-state index contributed by atoms with van der Waals surface area (Å²) in [5, 5.41) is 8.78. The Balaban J connectivity index is 3.97. The van der Waals surface area contributed by atoms with Gasteiger partial charge in [0, 0.05) is 12.8 Å². The van der Waals surface area contributed by atoms with Crippen LogP contribution in [0.15, 0.2) is 12.2 Å². The van der Waals surface area contributed by atoms with Crippen LogP contribution in [0.1, 0.15) is 206 Å². The summed E-state index contributed by atoms with van der Waals surface area (Å²) in [7, 11) is 0. The van der Waals surface area contributed by atoms with E-state index in [2.05, 4.69) is 26.0 Å². The van der Waals surface area contributed by atoms with Crippen LogP contribution in [0.4, 0.5) is 0 Å². The molecule has 0 aliphatic rings. The lowest BCUT2D eigenvalue weighted by molar-refractivity contribution is -0.150. The normalized spacial score (nSPS) is 12.2. The number of carbonyl (C=O) groups is 2. The molecule has 1 atom stereocenters. The summed E-state index contributed by atoms with van der Waals surface area (Å²) < 4.78 is 5.96. The van der Waals surface area contributed by atoms with Crippen LogP contribution in [0.5, 0.6) is 0 Å². The van der Waals surface area contributed by atoms with Crippen LogP contribution in [0, 0.1) is 0 Å². The number of esters is 1. The zero-order chi connectivity index (χ0) is 30.1. The van der Waals surface area contributed by atoms with E-state index in [4.69, 9.17) is 9.84 Å². The maximum Gasteiger partial charge on any atom is 0.306 e. The number of hydrogen-bond acceptors (Lipinski definition) is 3. The molecule has 0 aromatic heterocycles.